The fourth-order valence-corrected chi connectivity index (χ4v) is 3.08. The number of alkyl carbamates (subject to hydrolysis) is 1. The first-order valence-corrected chi connectivity index (χ1v) is 10.1. The van der Waals surface area contributed by atoms with Gasteiger partial charge >= 0.3 is 6.09 Å². The van der Waals surface area contributed by atoms with Crippen molar-refractivity contribution in [2.45, 2.75) is 31.6 Å². The van der Waals surface area contributed by atoms with Crippen LogP contribution in [0.3, 0.4) is 0 Å². The van der Waals surface area contributed by atoms with E-state index in [1.54, 1.807) is 0 Å². The Kier molecular flexibility index (Phi) is 9.30. The van der Waals surface area contributed by atoms with E-state index in [2.05, 4.69) is 26.6 Å². The van der Waals surface area contributed by atoms with E-state index in [0.29, 0.717) is 0 Å². The van der Waals surface area contributed by atoms with Crippen molar-refractivity contribution in [2.24, 2.45) is 5.73 Å². The Bertz CT molecular complexity index is 863. The molecule has 0 heterocycles. The van der Waals surface area contributed by atoms with Crippen LogP contribution in [-0.2, 0) is 27.4 Å². The van der Waals surface area contributed by atoms with Crippen LogP contribution in [0.15, 0.2) is 59.1 Å². The van der Waals surface area contributed by atoms with Crippen molar-refractivity contribution >= 4 is 33.8 Å². The van der Waals surface area contributed by atoms with Gasteiger partial charge in [-0.1, -0.05) is 58.4 Å². The summed E-state index contributed by atoms with van der Waals surface area (Å²) in [6.07, 6.45) is -1.93. The second-order valence-corrected chi connectivity index (χ2v) is 7.57. The first-order chi connectivity index (χ1) is 14.3. The molecule has 2 atom stereocenters. The number of hydrogen-bond donors (Lipinski definition) is 4. The van der Waals surface area contributed by atoms with E-state index in [-0.39, 0.29) is 26.0 Å². The molecule has 0 bridgehead atoms. The number of carbonyl (C=O) groups is 3. The van der Waals surface area contributed by atoms with Crippen molar-refractivity contribution < 1.29 is 24.2 Å². The number of halogens is 1. The lowest BCUT2D eigenvalue weighted by molar-refractivity contribution is -0.128. The zero-order chi connectivity index (χ0) is 21.9. The molecule has 8 nitrogen and oxygen atoms in total. The molecule has 0 aliphatic carbocycles. The van der Waals surface area contributed by atoms with Gasteiger partial charge in [0.05, 0.1) is 12.5 Å². The van der Waals surface area contributed by atoms with Crippen LogP contribution in [0.25, 0.3) is 0 Å². The molecule has 0 aromatic heterocycles. The van der Waals surface area contributed by atoms with E-state index in [9.17, 15) is 19.5 Å². The van der Waals surface area contributed by atoms with Crippen molar-refractivity contribution in [1.29, 1.82) is 0 Å². The highest BCUT2D eigenvalue weighted by atomic mass is 79.9. The van der Waals surface area contributed by atoms with Crippen molar-refractivity contribution in [2.75, 3.05) is 6.54 Å². The first-order valence-electron chi connectivity index (χ1n) is 9.29. The molecule has 2 aromatic rings. The smallest absolute Gasteiger partial charge is 0.407 e. The highest BCUT2D eigenvalue weighted by Crippen LogP contribution is 2.13. The first kappa shape index (κ1) is 23.4. The van der Waals surface area contributed by atoms with Crippen molar-refractivity contribution in [3.63, 3.8) is 0 Å². The van der Waals surface area contributed by atoms with Crippen molar-refractivity contribution in [3.8, 4) is 0 Å². The molecular weight excluding hydrogens is 454 g/mol. The number of hydrogen-bond acceptors (Lipinski definition) is 5. The Balaban J connectivity index is 1.73. The molecule has 9 heteroatoms. The number of ether oxygens (including phenoxy) is 1. The van der Waals surface area contributed by atoms with Crippen LogP contribution in [0.4, 0.5) is 4.79 Å². The maximum atomic E-state index is 12.1. The summed E-state index contributed by atoms with van der Waals surface area (Å²) in [6.45, 7) is -0.0763. The molecule has 160 valence electrons. The molecule has 0 saturated heterocycles. The largest absolute Gasteiger partial charge is 0.445 e. The molecular formula is C21H24BrN3O5. The third-order valence-electron chi connectivity index (χ3n) is 4.12. The number of primary amides is 1. The molecule has 0 radical (unpaired) electrons. The summed E-state index contributed by atoms with van der Waals surface area (Å²) in [7, 11) is 0. The molecule has 2 rings (SSSR count). The third-order valence-corrected chi connectivity index (χ3v) is 4.62. The average molecular weight is 478 g/mol. The zero-order valence-electron chi connectivity index (χ0n) is 16.2. The van der Waals surface area contributed by atoms with Gasteiger partial charge in [0.2, 0.25) is 11.8 Å². The summed E-state index contributed by atoms with van der Waals surface area (Å²) in [5.41, 5.74) is 7.03. The minimum atomic E-state index is -1.14. The van der Waals surface area contributed by atoms with E-state index in [0.717, 1.165) is 15.6 Å². The second kappa shape index (κ2) is 11.9. The lowest BCUT2D eigenvalue weighted by Crippen LogP contribution is -2.47. The average Bonchev–Trinajstić information content (AvgIpc) is 2.71. The van der Waals surface area contributed by atoms with Gasteiger partial charge in [-0.05, 0) is 23.3 Å². The second-order valence-electron chi connectivity index (χ2n) is 6.66. The SMILES string of the molecule is NC(=O)[C@@H](Cc1cccc(Br)c1)NC(=O)C[C@H](O)CNC(=O)OCc1ccccc1. The lowest BCUT2D eigenvalue weighted by Gasteiger charge is -2.17. The third kappa shape index (κ3) is 8.62. The van der Waals surface area contributed by atoms with E-state index in [1.165, 1.54) is 0 Å². The minimum Gasteiger partial charge on any atom is -0.445 e. The van der Waals surface area contributed by atoms with Gasteiger partial charge in [-0.2, -0.15) is 0 Å². The Labute approximate surface area is 182 Å². The van der Waals surface area contributed by atoms with E-state index >= 15 is 0 Å². The summed E-state index contributed by atoms with van der Waals surface area (Å²) >= 11 is 3.34. The standard InChI is InChI=1S/C21H24BrN3O5/c22-16-8-4-7-15(9-16)10-18(20(23)28)25-19(27)11-17(26)12-24-21(29)30-13-14-5-2-1-3-6-14/h1-9,17-18,26H,10-13H2,(H2,23,28)(H,24,29)(H,25,27)/t17-,18+/m0/s1. The molecule has 0 unspecified atom stereocenters. The van der Waals surface area contributed by atoms with Gasteiger partial charge in [0, 0.05) is 17.4 Å². The molecule has 0 fully saturated rings. The molecule has 30 heavy (non-hydrogen) atoms. The Morgan fingerprint density at radius 1 is 1.07 bits per heavy atom. The van der Waals surface area contributed by atoms with Crippen LogP contribution in [0, 0.1) is 0 Å². The fourth-order valence-electron chi connectivity index (χ4n) is 2.64. The van der Waals surface area contributed by atoms with Crippen LogP contribution in [0.5, 0.6) is 0 Å². The van der Waals surface area contributed by atoms with Gasteiger partial charge in [-0.25, -0.2) is 4.79 Å². The van der Waals surface area contributed by atoms with Crippen molar-refractivity contribution in [1.82, 2.24) is 10.6 Å². The molecule has 5 N–H and O–H groups in total. The van der Waals surface area contributed by atoms with Gasteiger partial charge in [0.1, 0.15) is 12.6 Å². The molecule has 0 saturated carbocycles. The highest BCUT2D eigenvalue weighted by Gasteiger charge is 2.21. The number of amides is 3. The van der Waals surface area contributed by atoms with Gasteiger partial charge in [-0.3, -0.25) is 9.59 Å². The molecule has 2 aromatic carbocycles. The summed E-state index contributed by atoms with van der Waals surface area (Å²) in [6, 6.07) is 15.5. The van der Waals surface area contributed by atoms with Gasteiger partial charge in [-0.15, -0.1) is 0 Å². The number of benzene rings is 2. The van der Waals surface area contributed by atoms with Crippen LogP contribution in [0.2, 0.25) is 0 Å². The molecule has 0 spiro atoms. The number of nitrogens with one attached hydrogen (secondary N) is 2. The number of aliphatic hydroxyl groups excluding tert-OH is 1. The Morgan fingerprint density at radius 2 is 1.77 bits per heavy atom. The predicted molar refractivity (Wildman–Crippen MR) is 114 cm³/mol. The minimum absolute atomic E-state index is 0.0964. The fraction of sp³-hybridized carbons (Fsp3) is 0.286. The number of nitrogens with two attached hydrogens (primary N) is 1. The maximum Gasteiger partial charge on any atom is 0.407 e. The van der Waals surface area contributed by atoms with Gasteiger partial charge in [0.15, 0.2) is 0 Å². The summed E-state index contributed by atoms with van der Waals surface area (Å²) in [4.78, 5) is 35.5. The van der Waals surface area contributed by atoms with Gasteiger partial charge in [0.25, 0.3) is 0 Å². The monoisotopic (exact) mass is 477 g/mol. The zero-order valence-corrected chi connectivity index (χ0v) is 17.8. The maximum absolute atomic E-state index is 12.1. The van der Waals surface area contributed by atoms with Crippen molar-refractivity contribution in [3.05, 3.63) is 70.2 Å². The summed E-state index contributed by atoms with van der Waals surface area (Å²) < 4.78 is 5.87. The number of carbonyl (C=O) groups excluding carboxylic acids is 3. The number of rotatable bonds is 10. The number of aliphatic hydroxyl groups is 1. The lowest BCUT2D eigenvalue weighted by atomic mass is 10.1. The quantitative estimate of drug-likeness (QED) is 0.413. The Morgan fingerprint density at radius 3 is 2.43 bits per heavy atom. The Hall–Kier alpha value is -2.91. The predicted octanol–water partition coefficient (Wildman–Crippen LogP) is 1.64. The highest BCUT2D eigenvalue weighted by molar-refractivity contribution is 9.10. The molecule has 3 amide bonds. The van der Waals surface area contributed by atoms with Crippen LogP contribution >= 0.6 is 15.9 Å². The van der Waals surface area contributed by atoms with Crippen LogP contribution in [-0.4, -0.2) is 41.7 Å². The van der Waals surface area contributed by atoms with E-state index < -0.39 is 30.1 Å². The topological polar surface area (TPSA) is 131 Å². The molecule has 0 aliphatic heterocycles. The molecule has 0 aliphatic rings. The summed E-state index contributed by atoms with van der Waals surface area (Å²) in [5, 5.41) is 14.9. The van der Waals surface area contributed by atoms with E-state index in [4.69, 9.17) is 10.5 Å². The van der Waals surface area contributed by atoms with Crippen LogP contribution < -0.4 is 16.4 Å². The van der Waals surface area contributed by atoms with Crippen LogP contribution in [0.1, 0.15) is 17.5 Å². The van der Waals surface area contributed by atoms with E-state index in [1.807, 2.05) is 54.6 Å². The normalized spacial score (nSPS) is 12.5. The van der Waals surface area contributed by atoms with Gasteiger partial charge < -0.3 is 26.2 Å². The summed E-state index contributed by atoms with van der Waals surface area (Å²) in [5.74, 6) is -1.24.